The van der Waals surface area contributed by atoms with Crippen molar-refractivity contribution in [2.45, 2.75) is 53.4 Å². The number of benzene rings is 2. The second kappa shape index (κ2) is 8.19. The first-order chi connectivity index (χ1) is 11.8. The Bertz CT molecular complexity index is 737. The van der Waals surface area contributed by atoms with Crippen LogP contribution in [0.1, 0.15) is 60.1 Å². The zero-order valence-electron chi connectivity index (χ0n) is 15.8. The van der Waals surface area contributed by atoms with E-state index < -0.39 is 5.97 Å². The molecule has 0 heterocycles. The van der Waals surface area contributed by atoms with Crippen molar-refractivity contribution in [2.24, 2.45) is 0 Å². The first kappa shape index (κ1) is 19.0. The lowest BCUT2D eigenvalue weighted by Crippen LogP contribution is -2.10. The highest BCUT2D eigenvalue weighted by Crippen LogP contribution is 2.27. The van der Waals surface area contributed by atoms with Crippen LogP contribution in [-0.4, -0.2) is 17.7 Å². The minimum absolute atomic E-state index is 0.311. The maximum atomic E-state index is 10.7. The fraction of sp³-hybridized carbons (Fsp3) is 0.409. The van der Waals surface area contributed by atoms with E-state index in [4.69, 9.17) is 9.84 Å². The number of carbonyl (C=O) groups is 1. The highest BCUT2D eigenvalue weighted by molar-refractivity contribution is 5.68. The molecule has 0 amide bonds. The van der Waals surface area contributed by atoms with Gasteiger partial charge in [0.2, 0.25) is 0 Å². The third-order valence-electron chi connectivity index (χ3n) is 4.63. The van der Waals surface area contributed by atoms with E-state index in [2.05, 4.69) is 52.8 Å². The normalized spacial score (nSPS) is 11.0. The summed E-state index contributed by atoms with van der Waals surface area (Å²) in [6, 6.07) is 10.7. The van der Waals surface area contributed by atoms with E-state index in [9.17, 15) is 4.79 Å². The third kappa shape index (κ3) is 4.85. The van der Waals surface area contributed by atoms with Crippen LogP contribution in [0.5, 0.6) is 5.75 Å². The van der Waals surface area contributed by atoms with E-state index in [1.807, 2.05) is 12.1 Å². The van der Waals surface area contributed by atoms with Gasteiger partial charge in [-0.1, -0.05) is 39.0 Å². The Balaban J connectivity index is 2.28. The van der Waals surface area contributed by atoms with Crippen LogP contribution in [0.4, 0.5) is 0 Å². The molecule has 0 aromatic heterocycles. The Morgan fingerprint density at radius 3 is 2.28 bits per heavy atom. The zero-order chi connectivity index (χ0) is 18.6. The lowest BCUT2D eigenvalue weighted by atomic mass is 9.90. The molecule has 0 unspecified atom stereocenters. The molecule has 2 aromatic carbocycles. The van der Waals surface area contributed by atoms with Gasteiger partial charge in [0.1, 0.15) is 5.75 Å². The first-order valence-electron chi connectivity index (χ1n) is 8.88. The molecule has 0 aliphatic heterocycles. The van der Waals surface area contributed by atoms with Gasteiger partial charge >= 0.3 is 5.97 Å². The van der Waals surface area contributed by atoms with E-state index >= 15 is 0 Å². The molecule has 0 saturated heterocycles. The molecule has 2 aromatic rings. The van der Waals surface area contributed by atoms with Gasteiger partial charge < -0.3 is 9.84 Å². The molecular formula is C22H28O3. The highest BCUT2D eigenvalue weighted by atomic mass is 16.5. The standard InChI is InChI=1S/C22H28O3/c1-6-18-8-7-17(11-20(18)14(2)3)12-21-15(4)9-19(10-16(21)5)25-13-22(23)24/h7-11,14H,6,12-13H2,1-5H3,(H,23,24). The van der Waals surface area contributed by atoms with Gasteiger partial charge in [-0.05, 0) is 78.1 Å². The molecule has 0 saturated carbocycles. The molecule has 0 spiro atoms. The van der Waals surface area contributed by atoms with E-state index in [1.54, 1.807) is 0 Å². The number of carboxylic acids is 1. The molecule has 3 heteroatoms. The summed E-state index contributed by atoms with van der Waals surface area (Å²) in [5, 5.41) is 8.75. The quantitative estimate of drug-likeness (QED) is 0.768. The van der Waals surface area contributed by atoms with E-state index in [0.29, 0.717) is 11.7 Å². The fourth-order valence-electron chi connectivity index (χ4n) is 3.28. The average Bonchev–Trinajstić information content (AvgIpc) is 2.56. The van der Waals surface area contributed by atoms with Crippen LogP contribution < -0.4 is 4.74 Å². The van der Waals surface area contributed by atoms with Gasteiger partial charge in [-0.15, -0.1) is 0 Å². The minimum atomic E-state index is -0.961. The van der Waals surface area contributed by atoms with E-state index in [1.165, 1.54) is 22.3 Å². The molecule has 0 aliphatic carbocycles. The van der Waals surface area contributed by atoms with E-state index in [-0.39, 0.29) is 6.61 Å². The molecule has 1 N–H and O–H groups in total. The summed E-state index contributed by atoms with van der Waals surface area (Å²) in [6.07, 6.45) is 1.93. The Hall–Kier alpha value is -2.29. The van der Waals surface area contributed by atoms with E-state index in [0.717, 1.165) is 24.0 Å². The Morgan fingerprint density at radius 2 is 1.76 bits per heavy atom. The molecule has 0 bridgehead atoms. The minimum Gasteiger partial charge on any atom is -0.482 e. The number of aliphatic carboxylic acids is 1. The summed E-state index contributed by atoms with van der Waals surface area (Å²) in [6.45, 7) is 10.5. The van der Waals surface area contributed by atoms with Crippen molar-refractivity contribution in [1.82, 2.24) is 0 Å². The topological polar surface area (TPSA) is 46.5 Å². The molecule has 0 aliphatic rings. The zero-order valence-corrected chi connectivity index (χ0v) is 15.8. The Kier molecular flexibility index (Phi) is 6.24. The van der Waals surface area contributed by atoms with Crippen molar-refractivity contribution in [2.75, 3.05) is 6.61 Å². The summed E-state index contributed by atoms with van der Waals surface area (Å²) in [7, 11) is 0. The van der Waals surface area contributed by atoms with Crippen LogP contribution in [0.3, 0.4) is 0 Å². The molecular weight excluding hydrogens is 312 g/mol. The van der Waals surface area contributed by atoms with Crippen LogP contribution in [-0.2, 0) is 17.6 Å². The van der Waals surface area contributed by atoms with Gasteiger partial charge in [-0.3, -0.25) is 0 Å². The van der Waals surface area contributed by atoms with Crippen molar-refractivity contribution in [3.8, 4) is 5.75 Å². The number of hydrogen-bond acceptors (Lipinski definition) is 2. The van der Waals surface area contributed by atoms with Crippen LogP contribution in [0, 0.1) is 13.8 Å². The van der Waals surface area contributed by atoms with Gasteiger partial charge in [-0.25, -0.2) is 4.79 Å². The Labute approximate surface area is 150 Å². The number of hydrogen-bond donors (Lipinski definition) is 1. The lowest BCUT2D eigenvalue weighted by molar-refractivity contribution is -0.139. The number of ether oxygens (including phenoxy) is 1. The van der Waals surface area contributed by atoms with Crippen LogP contribution in [0.25, 0.3) is 0 Å². The van der Waals surface area contributed by atoms with Crippen molar-refractivity contribution >= 4 is 5.97 Å². The van der Waals surface area contributed by atoms with Gasteiger partial charge in [0.25, 0.3) is 0 Å². The maximum Gasteiger partial charge on any atom is 0.341 e. The monoisotopic (exact) mass is 340 g/mol. The fourth-order valence-corrected chi connectivity index (χ4v) is 3.28. The molecule has 3 nitrogen and oxygen atoms in total. The largest absolute Gasteiger partial charge is 0.482 e. The molecule has 0 radical (unpaired) electrons. The summed E-state index contributed by atoms with van der Waals surface area (Å²) >= 11 is 0. The van der Waals surface area contributed by atoms with Crippen molar-refractivity contribution in [3.63, 3.8) is 0 Å². The first-order valence-corrected chi connectivity index (χ1v) is 8.88. The molecule has 134 valence electrons. The van der Waals surface area contributed by atoms with Crippen LogP contribution >= 0.6 is 0 Å². The molecule has 0 fully saturated rings. The highest BCUT2D eigenvalue weighted by Gasteiger charge is 2.11. The molecule has 0 atom stereocenters. The van der Waals surface area contributed by atoms with Gasteiger partial charge in [0, 0.05) is 0 Å². The summed E-state index contributed by atoms with van der Waals surface area (Å²) in [4.78, 5) is 10.7. The SMILES string of the molecule is CCc1ccc(Cc2c(C)cc(OCC(=O)O)cc2C)cc1C(C)C. The van der Waals surface area contributed by atoms with Gasteiger partial charge in [-0.2, -0.15) is 0 Å². The predicted molar refractivity (Wildman–Crippen MR) is 102 cm³/mol. The second-order valence-corrected chi connectivity index (χ2v) is 6.94. The number of carboxylic acid groups (broad SMARTS) is 1. The summed E-state index contributed by atoms with van der Waals surface area (Å²) < 4.78 is 5.32. The third-order valence-corrected chi connectivity index (χ3v) is 4.63. The smallest absolute Gasteiger partial charge is 0.341 e. The van der Waals surface area contributed by atoms with Crippen LogP contribution in [0.2, 0.25) is 0 Å². The summed E-state index contributed by atoms with van der Waals surface area (Å²) in [5.74, 6) is 0.172. The molecule has 2 rings (SSSR count). The average molecular weight is 340 g/mol. The Morgan fingerprint density at radius 1 is 1.12 bits per heavy atom. The second-order valence-electron chi connectivity index (χ2n) is 6.94. The van der Waals surface area contributed by atoms with Gasteiger partial charge in [0.15, 0.2) is 6.61 Å². The van der Waals surface area contributed by atoms with Gasteiger partial charge in [0.05, 0.1) is 0 Å². The lowest BCUT2D eigenvalue weighted by Gasteiger charge is -2.16. The predicted octanol–water partition coefficient (Wildman–Crippen LogP) is 5.04. The maximum absolute atomic E-state index is 10.7. The number of aryl methyl sites for hydroxylation is 3. The summed E-state index contributed by atoms with van der Waals surface area (Å²) in [5.41, 5.74) is 7.70. The van der Waals surface area contributed by atoms with Crippen LogP contribution in [0.15, 0.2) is 30.3 Å². The molecule has 25 heavy (non-hydrogen) atoms. The number of rotatable bonds is 7. The van der Waals surface area contributed by atoms with Crippen molar-refractivity contribution < 1.29 is 14.6 Å². The van der Waals surface area contributed by atoms with Crippen molar-refractivity contribution in [1.29, 1.82) is 0 Å². The van der Waals surface area contributed by atoms with Crippen molar-refractivity contribution in [3.05, 3.63) is 63.7 Å².